The first-order valence-corrected chi connectivity index (χ1v) is 5.19. The van der Waals surface area contributed by atoms with E-state index in [1.807, 2.05) is 13.8 Å². The number of carbonyl (C=O) groups is 3. The van der Waals surface area contributed by atoms with E-state index in [1.54, 1.807) is 0 Å². The Morgan fingerprint density at radius 2 is 1.88 bits per heavy atom. The number of amides is 2. The maximum Gasteiger partial charge on any atom is 0.320 e. The molecule has 1 unspecified atom stereocenters. The van der Waals surface area contributed by atoms with Gasteiger partial charge in [0.05, 0.1) is 13.1 Å². The molecular formula is C10H16N2O4. The van der Waals surface area contributed by atoms with Gasteiger partial charge >= 0.3 is 5.97 Å². The van der Waals surface area contributed by atoms with E-state index < -0.39 is 23.8 Å². The number of carbonyl (C=O) groups excluding carboxylic acids is 2. The van der Waals surface area contributed by atoms with Crippen LogP contribution in [-0.4, -0.2) is 46.9 Å². The van der Waals surface area contributed by atoms with E-state index in [1.165, 1.54) is 4.90 Å². The van der Waals surface area contributed by atoms with Crippen molar-refractivity contribution >= 4 is 17.8 Å². The average Bonchev–Trinajstić information content (AvgIpc) is 2.11. The zero-order valence-corrected chi connectivity index (χ0v) is 9.40. The number of piperazine rings is 1. The van der Waals surface area contributed by atoms with E-state index in [9.17, 15) is 14.4 Å². The first-order valence-electron chi connectivity index (χ1n) is 5.19. The minimum atomic E-state index is -0.990. The van der Waals surface area contributed by atoms with E-state index in [2.05, 4.69) is 5.32 Å². The van der Waals surface area contributed by atoms with Gasteiger partial charge in [-0.05, 0) is 12.3 Å². The molecule has 1 heterocycles. The van der Waals surface area contributed by atoms with Crippen LogP contribution in [0.4, 0.5) is 0 Å². The van der Waals surface area contributed by atoms with Gasteiger partial charge in [-0.3, -0.25) is 24.6 Å². The second kappa shape index (κ2) is 5.07. The van der Waals surface area contributed by atoms with Gasteiger partial charge in [0.25, 0.3) is 0 Å². The van der Waals surface area contributed by atoms with E-state index in [0.717, 1.165) is 0 Å². The molecule has 16 heavy (non-hydrogen) atoms. The van der Waals surface area contributed by atoms with Crippen LogP contribution in [0.2, 0.25) is 0 Å². The van der Waals surface area contributed by atoms with Gasteiger partial charge in [-0.2, -0.15) is 0 Å². The van der Waals surface area contributed by atoms with Gasteiger partial charge in [0.15, 0.2) is 0 Å². The van der Waals surface area contributed by atoms with Crippen LogP contribution in [-0.2, 0) is 14.4 Å². The number of aliphatic carboxylic acids is 1. The van der Waals surface area contributed by atoms with E-state index in [0.29, 0.717) is 6.42 Å². The number of nitrogens with one attached hydrogen (secondary N) is 1. The molecule has 1 aliphatic rings. The first-order chi connectivity index (χ1) is 7.40. The van der Waals surface area contributed by atoms with E-state index in [-0.39, 0.29) is 19.0 Å². The Hall–Kier alpha value is -1.43. The summed E-state index contributed by atoms with van der Waals surface area (Å²) in [4.78, 5) is 34.7. The Morgan fingerprint density at radius 1 is 1.38 bits per heavy atom. The Balaban J connectivity index is 2.73. The predicted octanol–water partition coefficient (Wildman–Crippen LogP) is -0.556. The molecule has 6 heteroatoms. The third-order valence-corrected chi connectivity index (χ3v) is 2.39. The molecule has 1 saturated heterocycles. The zero-order valence-electron chi connectivity index (χ0n) is 9.40. The minimum absolute atomic E-state index is 0.0323. The summed E-state index contributed by atoms with van der Waals surface area (Å²) in [6, 6.07) is -0.769. The van der Waals surface area contributed by atoms with Crippen molar-refractivity contribution < 1.29 is 19.5 Å². The van der Waals surface area contributed by atoms with Crippen LogP contribution in [0.5, 0.6) is 0 Å². The van der Waals surface area contributed by atoms with Crippen molar-refractivity contribution in [3.8, 4) is 0 Å². The number of hydrogen-bond acceptors (Lipinski definition) is 4. The zero-order chi connectivity index (χ0) is 12.3. The lowest BCUT2D eigenvalue weighted by Crippen LogP contribution is -2.56. The monoisotopic (exact) mass is 228 g/mol. The standard InChI is InChI=1S/C10H16N2O4/c1-6(2)3-7(10(15)16)12-4-8(13)11-9(14)5-12/h6-7H,3-5H2,1-2H3,(H,15,16)(H,11,13,14). The van der Waals surface area contributed by atoms with Gasteiger partial charge in [0.1, 0.15) is 6.04 Å². The quantitative estimate of drug-likeness (QED) is 0.630. The summed E-state index contributed by atoms with van der Waals surface area (Å²) in [5, 5.41) is 11.2. The fourth-order valence-corrected chi connectivity index (χ4v) is 1.73. The molecule has 1 rings (SSSR count). The van der Waals surface area contributed by atoms with Crippen molar-refractivity contribution in [3.63, 3.8) is 0 Å². The molecule has 0 aromatic rings. The van der Waals surface area contributed by atoms with Crippen LogP contribution >= 0.6 is 0 Å². The maximum absolute atomic E-state index is 11.1. The number of carboxylic acids is 1. The Bertz CT molecular complexity index is 298. The molecular weight excluding hydrogens is 212 g/mol. The highest BCUT2D eigenvalue weighted by Gasteiger charge is 2.32. The largest absolute Gasteiger partial charge is 0.480 e. The SMILES string of the molecule is CC(C)CC(C(=O)O)N1CC(=O)NC(=O)C1. The summed E-state index contributed by atoms with van der Waals surface area (Å²) < 4.78 is 0. The first kappa shape index (κ1) is 12.6. The Morgan fingerprint density at radius 3 is 2.25 bits per heavy atom. The molecule has 1 aliphatic heterocycles. The molecule has 0 aliphatic carbocycles. The van der Waals surface area contributed by atoms with Crippen LogP contribution < -0.4 is 5.32 Å². The highest BCUT2D eigenvalue weighted by atomic mass is 16.4. The number of rotatable bonds is 4. The topological polar surface area (TPSA) is 86.7 Å². The van der Waals surface area contributed by atoms with Crippen LogP contribution in [0.25, 0.3) is 0 Å². The third kappa shape index (κ3) is 3.30. The van der Waals surface area contributed by atoms with Gasteiger partial charge in [-0.25, -0.2) is 0 Å². The molecule has 90 valence electrons. The van der Waals surface area contributed by atoms with Gasteiger partial charge in [0.2, 0.25) is 11.8 Å². The van der Waals surface area contributed by atoms with Crippen molar-refractivity contribution in [2.75, 3.05) is 13.1 Å². The molecule has 0 aromatic heterocycles. The van der Waals surface area contributed by atoms with Gasteiger partial charge in [0, 0.05) is 0 Å². The second-order valence-corrected chi connectivity index (χ2v) is 4.36. The molecule has 0 saturated carbocycles. The van der Waals surface area contributed by atoms with Gasteiger partial charge in [-0.15, -0.1) is 0 Å². The van der Waals surface area contributed by atoms with Crippen molar-refractivity contribution in [2.24, 2.45) is 5.92 Å². The molecule has 6 nitrogen and oxygen atoms in total. The molecule has 2 amide bonds. The second-order valence-electron chi connectivity index (χ2n) is 4.36. The van der Waals surface area contributed by atoms with Crippen molar-refractivity contribution in [1.82, 2.24) is 10.2 Å². The third-order valence-electron chi connectivity index (χ3n) is 2.39. The average molecular weight is 228 g/mol. The normalized spacial score (nSPS) is 19.7. The van der Waals surface area contributed by atoms with Crippen molar-refractivity contribution in [2.45, 2.75) is 26.3 Å². The van der Waals surface area contributed by atoms with E-state index in [4.69, 9.17) is 5.11 Å². The number of carboxylic acid groups (broad SMARTS) is 1. The number of imide groups is 1. The van der Waals surface area contributed by atoms with Gasteiger partial charge in [-0.1, -0.05) is 13.8 Å². The molecule has 0 bridgehead atoms. The van der Waals surface area contributed by atoms with Crippen LogP contribution in [0.3, 0.4) is 0 Å². The molecule has 1 fully saturated rings. The Kier molecular flexibility index (Phi) is 4.00. The lowest BCUT2D eigenvalue weighted by Gasteiger charge is -2.31. The fourth-order valence-electron chi connectivity index (χ4n) is 1.73. The summed E-state index contributed by atoms with van der Waals surface area (Å²) in [6.07, 6.45) is 0.426. The maximum atomic E-state index is 11.1. The molecule has 0 spiro atoms. The lowest BCUT2D eigenvalue weighted by atomic mass is 10.0. The molecule has 0 aromatic carbocycles. The summed E-state index contributed by atoms with van der Waals surface area (Å²) in [7, 11) is 0. The highest BCUT2D eigenvalue weighted by Crippen LogP contribution is 2.13. The summed E-state index contributed by atoms with van der Waals surface area (Å²) >= 11 is 0. The number of nitrogens with zero attached hydrogens (tertiary/aromatic N) is 1. The lowest BCUT2D eigenvalue weighted by molar-refractivity contribution is -0.147. The van der Waals surface area contributed by atoms with Crippen molar-refractivity contribution in [3.05, 3.63) is 0 Å². The molecule has 1 atom stereocenters. The van der Waals surface area contributed by atoms with Crippen LogP contribution in [0, 0.1) is 5.92 Å². The smallest absolute Gasteiger partial charge is 0.320 e. The Labute approximate surface area is 93.6 Å². The highest BCUT2D eigenvalue weighted by molar-refractivity contribution is 5.99. The van der Waals surface area contributed by atoms with E-state index >= 15 is 0 Å². The summed E-state index contributed by atoms with van der Waals surface area (Å²) in [6.45, 7) is 3.74. The minimum Gasteiger partial charge on any atom is -0.480 e. The number of hydrogen-bond donors (Lipinski definition) is 2. The summed E-state index contributed by atoms with van der Waals surface area (Å²) in [5.74, 6) is -1.67. The van der Waals surface area contributed by atoms with Crippen LogP contribution in [0.1, 0.15) is 20.3 Å². The summed E-state index contributed by atoms with van der Waals surface area (Å²) in [5.41, 5.74) is 0. The molecule has 2 N–H and O–H groups in total. The van der Waals surface area contributed by atoms with Crippen molar-refractivity contribution in [1.29, 1.82) is 0 Å². The van der Waals surface area contributed by atoms with Crippen LogP contribution in [0.15, 0.2) is 0 Å². The van der Waals surface area contributed by atoms with Gasteiger partial charge < -0.3 is 5.11 Å². The predicted molar refractivity (Wildman–Crippen MR) is 55.6 cm³/mol. The fraction of sp³-hybridized carbons (Fsp3) is 0.700. The molecule has 0 radical (unpaired) electrons.